The van der Waals surface area contributed by atoms with Gasteiger partial charge in [0.25, 0.3) is 5.91 Å². The van der Waals surface area contributed by atoms with Crippen LogP contribution in [-0.4, -0.2) is 39.3 Å². The molecule has 32 heavy (non-hydrogen) atoms. The Balaban J connectivity index is 1.85. The number of carbonyl (C=O) groups is 3. The van der Waals surface area contributed by atoms with E-state index in [-0.39, 0.29) is 12.0 Å². The maximum Gasteiger partial charge on any atom is 0.303 e. The van der Waals surface area contributed by atoms with Gasteiger partial charge in [0.2, 0.25) is 0 Å². The Morgan fingerprint density at radius 1 is 1.00 bits per heavy atom. The molecular weight excluding hydrogens is 474 g/mol. The minimum Gasteiger partial charge on any atom is -0.503 e. The molecule has 0 aliphatic carbocycles. The molecule has 0 saturated carbocycles. The summed E-state index contributed by atoms with van der Waals surface area (Å²) in [5.41, 5.74) is 1.60. The number of aliphatic hydroxyl groups excluding tert-OH is 1. The molecule has 0 aromatic heterocycles. The van der Waals surface area contributed by atoms with Gasteiger partial charge in [0, 0.05) is 17.4 Å². The van der Waals surface area contributed by atoms with Gasteiger partial charge in [-0.15, -0.1) is 0 Å². The van der Waals surface area contributed by atoms with Crippen LogP contribution in [0, 0.1) is 0 Å². The van der Waals surface area contributed by atoms with Gasteiger partial charge in [-0.1, -0.05) is 70.9 Å². The summed E-state index contributed by atoms with van der Waals surface area (Å²) in [5.74, 6) is -2.41. The fourth-order valence-corrected chi connectivity index (χ4v) is 3.95. The first-order valence-electron chi connectivity index (χ1n) is 10.4. The smallest absolute Gasteiger partial charge is 0.303 e. The van der Waals surface area contributed by atoms with E-state index in [1.165, 1.54) is 11.0 Å². The number of halogens is 1. The van der Waals surface area contributed by atoms with Crippen molar-refractivity contribution < 1.29 is 24.6 Å². The van der Waals surface area contributed by atoms with E-state index in [4.69, 9.17) is 5.11 Å². The average Bonchev–Trinajstić information content (AvgIpc) is 3.03. The quantitative estimate of drug-likeness (QED) is 0.352. The zero-order chi connectivity index (χ0) is 23.1. The van der Waals surface area contributed by atoms with E-state index in [0.29, 0.717) is 31.4 Å². The number of allylic oxidation sites excluding steroid dienone is 1. The Kier molecular flexibility index (Phi) is 8.00. The second-order valence-corrected chi connectivity index (χ2v) is 8.44. The van der Waals surface area contributed by atoms with Gasteiger partial charge in [0.1, 0.15) is 0 Å². The van der Waals surface area contributed by atoms with Crippen molar-refractivity contribution in [3.8, 4) is 0 Å². The van der Waals surface area contributed by atoms with Gasteiger partial charge in [-0.3, -0.25) is 14.4 Å². The van der Waals surface area contributed by atoms with E-state index in [9.17, 15) is 19.5 Å². The minimum atomic E-state index is -0.854. The highest BCUT2D eigenvalue weighted by molar-refractivity contribution is 9.10. The number of unbranched alkanes of at least 4 members (excludes halogenated alkanes) is 2. The monoisotopic (exact) mass is 497 g/mol. The Bertz CT molecular complexity index is 1040. The van der Waals surface area contributed by atoms with Crippen LogP contribution in [0.1, 0.15) is 42.9 Å². The summed E-state index contributed by atoms with van der Waals surface area (Å²) < 4.78 is 0.857. The van der Waals surface area contributed by atoms with E-state index >= 15 is 0 Å². The summed E-state index contributed by atoms with van der Waals surface area (Å²) in [7, 11) is 0. The number of carboxylic acids is 1. The van der Waals surface area contributed by atoms with E-state index in [2.05, 4.69) is 15.9 Å². The molecule has 1 aliphatic rings. The van der Waals surface area contributed by atoms with Crippen molar-refractivity contribution in [2.75, 3.05) is 6.54 Å². The number of hydrogen-bond acceptors (Lipinski definition) is 4. The van der Waals surface area contributed by atoms with Crippen molar-refractivity contribution in [1.29, 1.82) is 0 Å². The second-order valence-electron chi connectivity index (χ2n) is 7.53. The number of rotatable bonds is 10. The van der Waals surface area contributed by atoms with Gasteiger partial charge < -0.3 is 15.1 Å². The number of hydrogen-bond donors (Lipinski definition) is 2. The molecule has 0 saturated heterocycles. The summed E-state index contributed by atoms with van der Waals surface area (Å²) in [6, 6.07) is 15.9. The van der Waals surface area contributed by atoms with Crippen LogP contribution in [-0.2, 0) is 14.4 Å². The number of amides is 1. The summed E-state index contributed by atoms with van der Waals surface area (Å²) in [5, 5.41) is 19.4. The molecule has 1 atom stereocenters. The van der Waals surface area contributed by atoms with E-state index in [1.54, 1.807) is 6.08 Å². The molecule has 1 aliphatic heterocycles. The number of carbonyl (C=O) groups excluding carboxylic acids is 2. The van der Waals surface area contributed by atoms with Crippen molar-refractivity contribution in [3.05, 3.63) is 87.6 Å². The zero-order valence-corrected chi connectivity index (χ0v) is 19.0. The first kappa shape index (κ1) is 23.5. The lowest BCUT2D eigenvalue weighted by Gasteiger charge is -2.26. The molecule has 0 fully saturated rings. The van der Waals surface area contributed by atoms with Crippen LogP contribution in [0.25, 0.3) is 6.08 Å². The van der Waals surface area contributed by atoms with Gasteiger partial charge in [-0.05, 0) is 42.2 Å². The zero-order valence-electron chi connectivity index (χ0n) is 17.4. The molecule has 1 unspecified atom stereocenters. The predicted octanol–water partition coefficient (Wildman–Crippen LogP) is 5.07. The molecule has 7 heteroatoms. The first-order valence-corrected chi connectivity index (χ1v) is 11.2. The molecule has 2 aromatic carbocycles. The minimum absolute atomic E-state index is 0.0510. The summed E-state index contributed by atoms with van der Waals surface area (Å²) >= 11 is 3.39. The van der Waals surface area contributed by atoms with E-state index < -0.39 is 29.5 Å². The Hall–Kier alpha value is -3.19. The van der Waals surface area contributed by atoms with Crippen molar-refractivity contribution in [3.63, 3.8) is 0 Å². The lowest BCUT2D eigenvalue weighted by Crippen LogP contribution is -2.32. The topological polar surface area (TPSA) is 94.9 Å². The summed E-state index contributed by atoms with van der Waals surface area (Å²) in [4.78, 5) is 38.1. The molecule has 1 heterocycles. The molecule has 0 radical (unpaired) electrons. The van der Waals surface area contributed by atoms with Crippen molar-refractivity contribution in [2.24, 2.45) is 0 Å². The van der Waals surface area contributed by atoms with Gasteiger partial charge in [0.15, 0.2) is 11.5 Å². The number of aliphatic carboxylic acids is 1. The maximum absolute atomic E-state index is 13.1. The lowest BCUT2D eigenvalue weighted by molar-refractivity contribution is -0.137. The largest absolute Gasteiger partial charge is 0.503 e. The van der Waals surface area contributed by atoms with Crippen molar-refractivity contribution in [1.82, 2.24) is 4.90 Å². The highest BCUT2D eigenvalue weighted by atomic mass is 79.9. The number of aliphatic hydroxyl groups is 1. The van der Waals surface area contributed by atoms with Crippen LogP contribution in [0.4, 0.5) is 0 Å². The fourth-order valence-electron chi connectivity index (χ4n) is 3.69. The SMILES string of the molecule is O=C(O)CCCCCN1C(=O)C(O)=C(C(=O)/C=C/c2ccccc2)C1c1ccc(Br)cc1. The second kappa shape index (κ2) is 10.9. The van der Waals surface area contributed by atoms with Gasteiger partial charge in [-0.25, -0.2) is 0 Å². The van der Waals surface area contributed by atoms with Crippen LogP contribution >= 0.6 is 15.9 Å². The van der Waals surface area contributed by atoms with Crippen LogP contribution in [0.15, 0.2) is 76.5 Å². The van der Waals surface area contributed by atoms with Crippen LogP contribution in [0.3, 0.4) is 0 Å². The third-order valence-electron chi connectivity index (χ3n) is 5.27. The number of nitrogens with zero attached hydrogens (tertiary/aromatic N) is 1. The van der Waals surface area contributed by atoms with Crippen molar-refractivity contribution >= 4 is 39.7 Å². The first-order chi connectivity index (χ1) is 15.4. The Labute approximate surface area is 195 Å². The lowest BCUT2D eigenvalue weighted by atomic mass is 9.95. The third kappa shape index (κ3) is 5.73. The Morgan fingerprint density at radius 3 is 2.34 bits per heavy atom. The Morgan fingerprint density at radius 2 is 1.69 bits per heavy atom. The molecule has 2 N–H and O–H groups in total. The van der Waals surface area contributed by atoms with Crippen LogP contribution in [0.2, 0.25) is 0 Å². The normalized spacial score (nSPS) is 16.2. The molecule has 1 amide bonds. The van der Waals surface area contributed by atoms with E-state index in [1.807, 2.05) is 54.6 Å². The fraction of sp³-hybridized carbons (Fsp3) is 0.240. The standard InChI is InChI=1S/C25H24BrNO5/c26-19-13-11-18(12-14-19)23-22(20(28)15-10-17-7-3-1-4-8-17)24(31)25(32)27(23)16-6-2-5-9-21(29)30/h1,3-4,7-8,10-15,23,31H,2,5-6,9,16H2,(H,29,30)/b15-10+. The third-order valence-corrected chi connectivity index (χ3v) is 5.80. The molecule has 166 valence electrons. The van der Waals surface area contributed by atoms with Gasteiger partial charge >= 0.3 is 5.97 Å². The van der Waals surface area contributed by atoms with Gasteiger partial charge in [-0.2, -0.15) is 0 Å². The van der Waals surface area contributed by atoms with Gasteiger partial charge in [0.05, 0.1) is 11.6 Å². The van der Waals surface area contributed by atoms with Crippen LogP contribution < -0.4 is 0 Å². The number of ketones is 1. The highest BCUT2D eigenvalue weighted by Gasteiger charge is 2.42. The molecule has 2 aromatic rings. The highest BCUT2D eigenvalue weighted by Crippen LogP contribution is 2.38. The molecule has 6 nitrogen and oxygen atoms in total. The van der Waals surface area contributed by atoms with Crippen LogP contribution in [0.5, 0.6) is 0 Å². The summed E-state index contributed by atoms with van der Waals surface area (Å²) in [6.07, 6.45) is 4.80. The molecular formula is C25H24BrNO5. The molecule has 3 rings (SSSR count). The predicted molar refractivity (Wildman–Crippen MR) is 125 cm³/mol. The number of carboxylic acid groups (broad SMARTS) is 1. The maximum atomic E-state index is 13.1. The van der Waals surface area contributed by atoms with Crippen molar-refractivity contribution in [2.45, 2.75) is 31.7 Å². The summed E-state index contributed by atoms with van der Waals surface area (Å²) in [6.45, 7) is 0.308. The number of benzene rings is 2. The molecule has 0 spiro atoms. The molecule has 0 bridgehead atoms. The van der Waals surface area contributed by atoms with E-state index in [0.717, 1.165) is 10.0 Å². The average molecular weight is 498 g/mol.